The summed E-state index contributed by atoms with van der Waals surface area (Å²) in [4.78, 5) is 15.6. The second-order valence-electron chi connectivity index (χ2n) is 12.2. The van der Waals surface area contributed by atoms with E-state index in [1.54, 1.807) is 6.07 Å². The van der Waals surface area contributed by atoms with E-state index in [1.807, 2.05) is 36.4 Å². The molecule has 0 aliphatic carbocycles. The molecule has 0 aliphatic rings. The summed E-state index contributed by atoms with van der Waals surface area (Å²) < 4.78 is 2.25. The van der Waals surface area contributed by atoms with Crippen molar-refractivity contribution in [1.29, 1.82) is 0 Å². The molecule has 0 spiro atoms. The third-order valence-electron chi connectivity index (χ3n) is 9.03. The Morgan fingerprint density at radius 3 is 2.10 bits per heavy atom. The first-order chi connectivity index (χ1) is 23.0. The molecular formula is C42H29N4OPt-. The molecule has 0 saturated carbocycles. The van der Waals surface area contributed by atoms with Gasteiger partial charge in [-0.05, 0) is 77.2 Å². The largest absolute Gasteiger partial charge is 0.656 e. The average Bonchev–Trinajstić information content (AvgIpc) is 3.67. The average molecular weight is 801 g/mol. The fourth-order valence-corrected chi connectivity index (χ4v) is 7.04. The summed E-state index contributed by atoms with van der Waals surface area (Å²) in [6.07, 6.45) is 0. The maximum Gasteiger partial charge on any atom is 0.144 e. The van der Waals surface area contributed by atoms with Gasteiger partial charge in [-0.3, -0.25) is 4.57 Å². The Morgan fingerprint density at radius 2 is 1.27 bits per heavy atom. The third-order valence-corrected chi connectivity index (χ3v) is 9.03. The van der Waals surface area contributed by atoms with Crippen LogP contribution in [-0.4, -0.2) is 19.6 Å². The number of pyridine rings is 1. The van der Waals surface area contributed by atoms with E-state index in [-0.39, 0.29) is 26.8 Å². The van der Waals surface area contributed by atoms with Gasteiger partial charge in [0.1, 0.15) is 17.1 Å². The monoisotopic (exact) mass is 800 g/mol. The van der Waals surface area contributed by atoms with Gasteiger partial charge >= 0.3 is 0 Å². The molecule has 0 unspecified atom stereocenters. The second kappa shape index (κ2) is 11.6. The number of aryl methyl sites for hydroxylation is 2. The van der Waals surface area contributed by atoms with Crippen molar-refractivity contribution >= 4 is 43.7 Å². The molecule has 9 rings (SSSR count). The van der Waals surface area contributed by atoms with Crippen LogP contribution in [0, 0.1) is 13.8 Å². The number of phenols is 1. The number of para-hydroxylation sites is 4. The Morgan fingerprint density at radius 1 is 0.583 bits per heavy atom. The fourth-order valence-electron chi connectivity index (χ4n) is 7.04. The van der Waals surface area contributed by atoms with Crippen molar-refractivity contribution in [2.24, 2.45) is 0 Å². The standard InChI is InChI=1S/C42H29N4O.Pt/c1-25-21-26(2)23-28(22-25)46-37-19-9-16-32(36-24-34(27-11-4-3-5-12-27)31-15-10-20-38(47)41(31)44-36)40(37)45-42(46)33-17-8-14-30-29-13-6-7-18-35(29)43-39(30)33;/h3-24H,1-2H3,(H-,43,44,45,47);/q-1;. The van der Waals surface area contributed by atoms with Crippen LogP contribution in [0.15, 0.2) is 133 Å². The van der Waals surface area contributed by atoms with Gasteiger partial charge in [-0.15, -0.1) is 11.0 Å². The summed E-state index contributed by atoms with van der Waals surface area (Å²) in [5.41, 5.74) is 12.3. The Kier molecular flexibility index (Phi) is 7.23. The Hall–Kier alpha value is -5.51. The van der Waals surface area contributed by atoms with E-state index in [4.69, 9.17) is 15.0 Å². The number of aromatic hydroxyl groups is 1. The molecule has 234 valence electrons. The van der Waals surface area contributed by atoms with Crippen molar-refractivity contribution in [1.82, 2.24) is 19.5 Å². The van der Waals surface area contributed by atoms with E-state index in [0.29, 0.717) is 5.52 Å². The molecule has 9 aromatic rings. The van der Waals surface area contributed by atoms with E-state index < -0.39 is 0 Å². The van der Waals surface area contributed by atoms with E-state index >= 15 is 0 Å². The number of hydrogen-bond donors (Lipinski definition) is 1. The van der Waals surface area contributed by atoms with Gasteiger partial charge in [-0.25, -0.2) is 9.97 Å². The van der Waals surface area contributed by atoms with Crippen molar-refractivity contribution < 1.29 is 26.2 Å². The summed E-state index contributed by atoms with van der Waals surface area (Å²) in [5, 5.41) is 14.1. The minimum Gasteiger partial charge on any atom is -0.656 e. The number of aromatic nitrogens is 4. The number of phenolic OH excluding ortho intramolecular Hbond substituents is 1. The Balaban J connectivity index is 0.00000336. The van der Waals surface area contributed by atoms with Crippen LogP contribution in [0.1, 0.15) is 11.1 Å². The van der Waals surface area contributed by atoms with Crippen LogP contribution in [0.2, 0.25) is 0 Å². The molecule has 0 aliphatic heterocycles. The van der Waals surface area contributed by atoms with Gasteiger partial charge in [-0.2, -0.15) is 0 Å². The summed E-state index contributed by atoms with van der Waals surface area (Å²) in [6.45, 7) is 4.26. The third kappa shape index (κ3) is 4.73. The molecule has 3 heterocycles. The minimum atomic E-state index is 0. The van der Waals surface area contributed by atoms with Gasteiger partial charge in [0.2, 0.25) is 0 Å². The smallest absolute Gasteiger partial charge is 0.144 e. The predicted molar refractivity (Wildman–Crippen MR) is 192 cm³/mol. The zero-order valence-electron chi connectivity index (χ0n) is 26.3. The molecule has 1 N–H and O–H groups in total. The molecular weight excluding hydrogens is 772 g/mol. The van der Waals surface area contributed by atoms with Crippen LogP contribution >= 0.6 is 0 Å². The van der Waals surface area contributed by atoms with Crippen molar-refractivity contribution in [2.75, 3.05) is 0 Å². The van der Waals surface area contributed by atoms with Gasteiger partial charge in [0.15, 0.2) is 0 Å². The van der Waals surface area contributed by atoms with E-state index in [2.05, 4.69) is 109 Å². The van der Waals surface area contributed by atoms with Crippen molar-refractivity contribution in [3.8, 4) is 45.2 Å². The number of nitrogens with zero attached hydrogens (tertiary/aromatic N) is 4. The van der Waals surface area contributed by atoms with E-state index in [1.165, 1.54) is 11.1 Å². The summed E-state index contributed by atoms with van der Waals surface area (Å²) in [7, 11) is 0. The van der Waals surface area contributed by atoms with Gasteiger partial charge < -0.3 is 10.1 Å². The zero-order chi connectivity index (χ0) is 31.6. The second-order valence-corrected chi connectivity index (χ2v) is 12.2. The normalized spacial score (nSPS) is 11.5. The zero-order valence-corrected chi connectivity index (χ0v) is 28.5. The topological polar surface area (TPSA) is 65.0 Å². The molecule has 48 heavy (non-hydrogen) atoms. The van der Waals surface area contributed by atoms with Gasteiger partial charge in [0, 0.05) is 43.3 Å². The number of hydrogen-bond acceptors (Lipinski definition) is 3. The van der Waals surface area contributed by atoms with Crippen LogP contribution in [0.3, 0.4) is 0 Å². The first-order valence-corrected chi connectivity index (χ1v) is 15.8. The predicted octanol–water partition coefficient (Wildman–Crippen LogP) is 10.2. The van der Waals surface area contributed by atoms with Crippen molar-refractivity contribution in [2.45, 2.75) is 13.8 Å². The van der Waals surface area contributed by atoms with Crippen molar-refractivity contribution in [3.63, 3.8) is 0 Å². The van der Waals surface area contributed by atoms with Crippen LogP contribution in [-0.2, 0) is 21.1 Å². The molecule has 0 amide bonds. The maximum atomic E-state index is 11.0. The van der Waals surface area contributed by atoms with Gasteiger partial charge in [0.25, 0.3) is 0 Å². The molecule has 0 atom stereocenters. The molecule has 0 saturated heterocycles. The molecule has 3 aromatic heterocycles. The number of imidazole rings is 1. The number of rotatable bonds is 4. The van der Waals surface area contributed by atoms with Gasteiger partial charge in [-0.1, -0.05) is 103 Å². The van der Waals surface area contributed by atoms with Crippen LogP contribution < -0.4 is 4.98 Å². The summed E-state index contributed by atoms with van der Waals surface area (Å²) >= 11 is 0. The fraction of sp³-hybridized carbons (Fsp3) is 0.0476. The van der Waals surface area contributed by atoms with Crippen molar-refractivity contribution in [3.05, 3.63) is 145 Å². The van der Waals surface area contributed by atoms with E-state index in [0.717, 1.165) is 77.7 Å². The molecule has 6 aromatic carbocycles. The maximum absolute atomic E-state index is 11.0. The van der Waals surface area contributed by atoms with Crippen LogP contribution in [0.5, 0.6) is 5.75 Å². The van der Waals surface area contributed by atoms with E-state index in [9.17, 15) is 5.11 Å². The number of benzene rings is 6. The van der Waals surface area contributed by atoms with Crippen LogP contribution in [0.25, 0.3) is 83.2 Å². The number of fused-ring (bicyclic) bond motifs is 5. The Labute approximate surface area is 291 Å². The Bertz CT molecular complexity index is 2650. The first kappa shape index (κ1) is 29.9. The molecule has 0 bridgehead atoms. The quantitative estimate of drug-likeness (QED) is 0.193. The SMILES string of the molecule is Cc1cc(C)cc(-n2c(-c3cccc4c3[n-]c3ccccc34)nc3c(-c4cc(-c5ccccc5)c5cccc(O)c5n4)cccc32)c1.[Pt]. The summed E-state index contributed by atoms with van der Waals surface area (Å²) in [6, 6.07) is 45.5. The van der Waals surface area contributed by atoms with Gasteiger partial charge in [0.05, 0.1) is 16.7 Å². The molecule has 0 radical (unpaired) electrons. The molecule has 0 fully saturated rings. The van der Waals surface area contributed by atoms with Crippen LogP contribution in [0.4, 0.5) is 0 Å². The molecule has 5 nitrogen and oxygen atoms in total. The first-order valence-electron chi connectivity index (χ1n) is 15.8. The minimum absolute atomic E-state index is 0. The molecule has 6 heteroatoms. The summed E-state index contributed by atoms with van der Waals surface area (Å²) in [5.74, 6) is 0.967.